The van der Waals surface area contributed by atoms with Gasteiger partial charge in [-0.3, -0.25) is 4.99 Å². The molecule has 4 unspecified atom stereocenters. The van der Waals surface area contributed by atoms with Crippen molar-refractivity contribution in [2.45, 2.75) is 50.4 Å². The van der Waals surface area contributed by atoms with Crippen molar-refractivity contribution in [3.8, 4) is 0 Å². The highest BCUT2D eigenvalue weighted by Crippen LogP contribution is 2.29. The van der Waals surface area contributed by atoms with Crippen LogP contribution in [0.15, 0.2) is 4.99 Å². The molecule has 1 aliphatic heterocycles. The van der Waals surface area contributed by atoms with E-state index in [-0.39, 0.29) is 0 Å². The molecular weight excluding hydrogens is 236 g/mol. The van der Waals surface area contributed by atoms with E-state index in [1.54, 1.807) is 0 Å². The minimum atomic E-state index is 0.488. The van der Waals surface area contributed by atoms with Gasteiger partial charge < -0.3 is 5.32 Å². The predicted molar refractivity (Wildman–Crippen MR) is 76.6 cm³/mol. The maximum Gasteiger partial charge on any atom is 0.157 e. The Balaban J connectivity index is 1.84. The van der Waals surface area contributed by atoms with Crippen LogP contribution in [-0.4, -0.2) is 34.5 Å². The highest BCUT2D eigenvalue weighted by molar-refractivity contribution is 8.13. The summed E-state index contributed by atoms with van der Waals surface area (Å²) in [7, 11) is 0. The van der Waals surface area contributed by atoms with E-state index in [0.717, 1.165) is 11.2 Å². The Hall–Kier alpha value is 0.170. The lowest BCUT2D eigenvalue weighted by Gasteiger charge is -2.25. The summed E-state index contributed by atoms with van der Waals surface area (Å²) in [6.45, 7) is 4.52. The van der Waals surface area contributed by atoms with Crippen LogP contribution >= 0.6 is 23.5 Å². The van der Waals surface area contributed by atoms with Crippen LogP contribution in [0.3, 0.4) is 0 Å². The van der Waals surface area contributed by atoms with Gasteiger partial charge in [-0.15, -0.1) is 0 Å². The van der Waals surface area contributed by atoms with Crippen LogP contribution in [0, 0.1) is 5.92 Å². The highest BCUT2D eigenvalue weighted by atomic mass is 32.2. The van der Waals surface area contributed by atoms with E-state index in [1.807, 2.05) is 23.5 Å². The number of aliphatic imine (C=N–C) groups is 1. The Morgan fingerprint density at radius 3 is 2.81 bits per heavy atom. The molecule has 0 aromatic heterocycles. The molecule has 2 nitrogen and oxygen atoms in total. The van der Waals surface area contributed by atoms with Gasteiger partial charge in [-0.2, -0.15) is 11.8 Å². The summed E-state index contributed by atoms with van der Waals surface area (Å²) >= 11 is 3.92. The summed E-state index contributed by atoms with van der Waals surface area (Å²) in [5.41, 5.74) is 0. The molecule has 1 saturated carbocycles. The summed E-state index contributed by atoms with van der Waals surface area (Å²) < 4.78 is 0. The smallest absolute Gasteiger partial charge is 0.157 e. The van der Waals surface area contributed by atoms with Crippen LogP contribution in [0.2, 0.25) is 0 Å². The molecule has 16 heavy (non-hydrogen) atoms. The number of thioether (sulfide) groups is 2. The third-order valence-corrected chi connectivity index (χ3v) is 5.96. The molecule has 1 aliphatic carbocycles. The van der Waals surface area contributed by atoms with Crippen LogP contribution in [0.4, 0.5) is 0 Å². The standard InChI is InChI=1S/C12H22N2S2/c1-8-7-16-12(13-9(8)2)14-10-4-5-11(6-10)15-3/h8-11H,4-7H2,1-3H3,(H,13,14). The number of amidine groups is 1. The Morgan fingerprint density at radius 2 is 2.19 bits per heavy atom. The van der Waals surface area contributed by atoms with Crippen molar-refractivity contribution in [3.63, 3.8) is 0 Å². The quantitative estimate of drug-likeness (QED) is 0.824. The minimum absolute atomic E-state index is 0.488. The molecule has 0 radical (unpaired) electrons. The van der Waals surface area contributed by atoms with E-state index >= 15 is 0 Å². The second-order valence-electron chi connectivity index (χ2n) is 4.98. The molecule has 92 valence electrons. The molecule has 1 fully saturated rings. The van der Waals surface area contributed by atoms with Gasteiger partial charge in [0.2, 0.25) is 0 Å². The lowest BCUT2D eigenvalue weighted by atomic mass is 10.1. The summed E-state index contributed by atoms with van der Waals surface area (Å²) in [6, 6.07) is 1.16. The average molecular weight is 258 g/mol. The first kappa shape index (κ1) is 12.6. The summed E-state index contributed by atoms with van der Waals surface area (Å²) in [5.74, 6) is 1.93. The molecule has 0 aromatic carbocycles. The van der Waals surface area contributed by atoms with Crippen LogP contribution in [0.25, 0.3) is 0 Å². The normalized spacial score (nSPS) is 39.6. The van der Waals surface area contributed by atoms with Gasteiger partial charge in [0.15, 0.2) is 5.17 Å². The van der Waals surface area contributed by atoms with Gasteiger partial charge in [0.05, 0.1) is 6.04 Å². The van der Waals surface area contributed by atoms with Crippen molar-refractivity contribution < 1.29 is 0 Å². The fourth-order valence-corrected chi connectivity index (χ4v) is 4.22. The van der Waals surface area contributed by atoms with Gasteiger partial charge in [-0.05, 0) is 38.4 Å². The fraction of sp³-hybridized carbons (Fsp3) is 0.917. The number of rotatable bonds is 2. The van der Waals surface area contributed by atoms with Crippen LogP contribution < -0.4 is 5.32 Å². The van der Waals surface area contributed by atoms with E-state index in [4.69, 9.17) is 4.99 Å². The van der Waals surface area contributed by atoms with Crippen molar-refractivity contribution in [2.24, 2.45) is 10.9 Å². The number of hydrogen-bond acceptors (Lipinski definition) is 4. The number of nitrogens with zero attached hydrogens (tertiary/aromatic N) is 1. The lowest BCUT2D eigenvalue weighted by molar-refractivity contribution is 0.529. The molecule has 0 saturated heterocycles. The van der Waals surface area contributed by atoms with Crippen LogP contribution in [-0.2, 0) is 0 Å². The largest absolute Gasteiger partial charge is 0.362 e. The van der Waals surface area contributed by atoms with E-state index in [9.17, 15) is 0 Å². The highest BCUT2D eigenvalue weighted by Gasteiger charge is 2.26. The molecule has 0 bridgehead atoms. The molecule has 4 heteroatoms. The number of hydrogen-bond donors (Lipinski definition) is 1. The molecule has 0 amide bonds. The van der Waals surface area contributed by atoms with E-state index < -0.39 is 0 Å². The van der Waals surface area contributed by atoms with E-state index in [1.165, 1.54) is 30.2 Å². The van der Waals surface area contributed by atoms with Gasteiger partial charge in [0.25, 0.3) is 0 Å². The molecule has 2 aliphatic rings. The third-order valence-electron chi connectivity index (χ3n) is 3.67. The molecular formula is C12H22N2S2. The van der Waals surface area contributed by atoms with E-state index in [2.05, 4.69) is 25.4 Å². The molecule has 4 atom stereocenters. The van der Waals surface area contributed by atoms with Crippen LogP contribution in [0.1, 0.15) is 33.1 Å². The summed E-state index contributed by atoms with van der Waals surface area (Å²) in [4.78, 5) is 4.74. The van der Waals surface area contributed by atoms with Crippen molar-refractivity contribution in [1.29, 1.82) is 0 Å². The number of nitrogens with one attached hydrogen (secondary N) is 1. The molecule has 0 aromatic rings. The first-order valence-corrected chi connectivity index (χ1v) is 8.46. The molecule has 0 spiro atoms. The van der Waals surface area contributed by atoms with Crippen LogP contribution in [0.5, 0.6) is 0 Å². The molecule has 2 rings (SSSR count). The van der Waals surface area contributed by atoms with Crippen molar-refractivity contribution in [1.82, 2.24) is 5.32 Å². The second kappa shape index (κ2) is 5.67. The van der Waals surface area contributed by atoms with E-state index in [0.29, 0.717) is 12.1 Å². The molecule has 1 heterocycles. The Morgan fingerprint density at radius 1 is 1.38 bits per heavy atom. The van der Waals surface area contributed by atoms with Crippen molar-refractivity contribution in [3.05, 3.63) is 0 Å². The second-order valence-corrected chi connectivity index (χ2v) is 7.12. The van der Waals surface area contributed by atoms with Gasteiger partial charge in [0, 0.05) is 17.0 Å². The third kappa shape index (κ3) is 3.10. The van der Waals surface area contributed by atoms with Crippen molar-refractivity contribution in [2.75, 3.05) is 12.0 Å². The maximum absolute atomic E-state index is 4.74. The zero-order chi connectivity index (χ0) is 11.5. The molecule has 1 N–H and O–H groups in total. The van der Waals surface area contributed by atoms with Gasteiger partial charge in [0.1, 0.15) is 0 Å². The monoisotopic (exact) mass is 258 g/mol. The summed E-state index contributed by atoms with van der Waals surface area (Å²) in [6.07, 6.45) is 6.21. The van der Waals surface area contributed by atoms with Gasteiger partial charge in [-0.25, -0.2) is 0 Å². The van der Waals surface area contributed by atoms with Gasteiger partial charge >= 0.3 is 0 Å². The fourth-order valence-electron chi connectivity index (χ4n) is 2.24. The Bertz CT molecular complexity index is 268. The summed E-state index contributed by atoms with van der Waals surface area (Å²) in [5, 5.41) is 5.69. The SMILES string of the molecule is CSC1CCC(NC2=NC(C)C(C)CS2)C1. The lowest BCUT2D eigenvalue weighted by Crippen LogP contribution is -2.35. The van der Waals surface area contributed by atoms with Crippen molar-refractivity contribution >= 4 is 28.7 Å². The average Bonchev–Trinajstić information content (AvgIpc) is 2.71. The predicted octanol–water partition coefficient (Wildman–Crippen LogP) is 2.99. The Labute approximate surface area is 107 Å². The minimum Gasteiger partial charge on any atom is -0.362 e. The first-order chi connectivity index (χ1) is 7.69. The zero-order valence-electron chi connectivity index (χ0n) is 10.4. The van der Waals surface area contributed by atoms with Gasteiger partial charge in [-0.1, -0.05) is 18.7 Å². The topological polar surface area (TPSA) is 24.4 Å². The maximum atomic E-state index is 4.74. The Kier molecular flexibility index (Phi) is 4.48. The first-order valence-electron chi connectivity index (χ1n) is 6.19. The zero-order valence-corrected chi connectivity index (χ0v) is 12.0.